The van der Waals surface area contributed by atoms with Gasteiger partial charge in [0.2, 0.25) is 5.88 Å². The second kappa shape index (κ2) is 3.80. The Morgan fingerprint density at radius 3 is 3.20 bits per heavy atom. The van der Waals surface area contributed by atoms with Crippen LogP contribution in [0.2, 0.25) is 0 Å². The molecule has 1 aliphatic heterocycles. The van der Waals surface area contributed by atoms with Gasteiger partial charge < -0.3 is 14.7 Å². The number of carboxylic acid groups (broad SMARTS) is 1. The van der Waals surface area contributed by atoms with E-state index in [1.807, 2.05) is 6.92 Å². The third-order valence-corrected chi connectivity index (χ3v) is 2.45. The van der Waals surface area contributed by atoms with E-state index in [9.17, 15) is 4.79 Å². The third kappa shape index (κ3) is 1.74. The molecular formula is C9H13N3O3. The molecule has 0 saturated heterocycles. The van der Waals surface area contributed by atoms with Gasteiger partial charge >= 0.3 is 6.09 Å². The van der Waals surface area contributed by atoms with Crippen molar-refractivity contribution < 1.29 is 14.6 Å². The number of nitrogens with zero attached hydrogens (tertiary/aromatic N) is 2. The molecular weight excluding hydrogens is 198 g/mol. The van der Waals surface area contributed by atoms with Gasteiger partial charge in [-0.3, -0.25) is 5.10 Å². The molecule has 0 radical (unpaired) electrons. The molecule has 1 aromatic rings. The Hall–Kier alpha value is -1.72. The number of H-pyrrole nitrogens is 1. The minimum atomic E-state index is -0.895. The SMILES string of the molecule is CCOc1n[nH]c2c1CCN(C(=O)O)C2. The molecule has 82 valence electrons. The predicted molar refractivity (Wildman–Crippen MR) is 51.9 cm³/mol. The molecule has 2 rings (SSSR count). The van der Waals surface area contributed by atoms with Gasteiger partial charge in [-0.25, -0.2) is 4.79 Å². The zero-order valence-corrected chi connectivity index (χ0v) is 8.49. The van der Waals surface area contributed by atoms with Crippen LogP contribution in [0.3, 0.4) is 0 Å². The van der Waals surface area contributed by atoms with E-state index in [2.05, 4.69) is 10.2 Å². The summed E-state index contributed by atoms with van der Waals surface area (Å²) in [6.07, 6.45) is -0.235. The molecule has 0 aromatic carbocycles. The highest BCUT2D eigenvalue weighted by atomic mass is 16.5. The van der Waals surface area contributed by atoms with Gasteiger partial charge in [-0.1, -0.05) is 0 Å². The lowest BCUT2D eigenvalue weighted by Crippen LogP contribution is -2.34. The molecule has 0 unspecified atom stereocenters. The fourth-order valence-corrected chi connectivity index (χ4v) is 1.71. The Bertz CT molecular complexity index is 375. The van der Waals surface area contributed by atoms with Gasteiger partial charge in [0.25, 0.3) is 0 Å². The number of aromatic amines is 1. The normalized spacial score (nSPS) is 14.9. The van der Waals surface area contributed by atoms with Gasteiger partial charge in [0.15, 0.2) is 0 Å². The first-order valence-electron chi connectivity index (χ1n) is 4.89. The first-order chi connectivity index (χ1) is 7.22. The molecule has 0 fully saturated rings. The molecule has 2 heterocycles. The summed E-state index contributed by atoms with van der Waals surface area (Å²) in [5.74, 6) is 0.609. The van der Waals surface area contributed by atoms with E-state index in [0.29, 0.717) is 32.0 Å². The summed E-state index contributed by atoms with van der Waals surface area (Å²) in [5.41, 5.74) is 1.85. The monoisotopic (exact) mass is 211 g/mol. The van der Waals surface area contributed by atoms with E-state index in [1.165, 1.54) is 4.90 Å². The lowest BCUT2D eigenvalue weighted by atomic mass is 10.1. The maximum Gasteiger partial charge on any atom is 0.407 e. The van der Waals surface area contributed by atoms with Crippen molar-refractivity contribution in [2.75, 3.05) is 13.2 Å². The zero-order valence-electron chi connectivity index (χ0n) is 8.49. The van der Waals surface area contributed by atoms with Gasteiger partial charge in [0.05, 0.1) is 18.8 Å². The van der Waals surface area contributed by atoms with Crippen LogP contribution in [0.4, 0.5) is 4.79 Å². The Kier molecular flexibility index (Phi) is 2.49. The van der Waals surface area contributed by atoms with Crippen LogP contribution in [-0.4, -0.2) is 39.4 Å². The van der Waals surface area contributed by atoms with Crippen molar-refractivity contribution in [2.45, 2.75) is 19.9 Å². The zero-order chi connectivity index (χ0) is 10.8. The molecule has 0 atom stereocenters. The molecule has 6 nitrogen and oxygen atoms in total. The van der Waals surface area contributed by atoms with Crippen LogP contribution in [0, 0.1) is 0 Å². The maximum atomic E-state index is 10.8. The molecule has 15 heavy (non-hydrogen) atoms. The van der Waals surface area contributed by atoms with Crippen LogP contribution in [0.5, 0.6) is 5.88 Å². The lowest BCUT2D eigenvalue weighted by Gasteiger charge is -2.23. The third-order valence-electron chi connectivity index (χ3n) is 2.45. The highest BCUT2D eigenvalue weighted by molar-refractivity contribution is 5.65. The van der Waals surface area contributed by atoms with Crippen LogP contribution < -0.4 is 4.74 Å². The summed E-state index contributed by atoms with van der Waals surface area (Å²) < 4.78 is 5.33. The molecule has 0 aliphatic carbocycles. The van der Waals surface area contributed by atoms with E-state index in [1.54, 1.807) is 0 Å². The standard InChI is InChI=1S/C9H13N3O3/c1-2-15-8-6-3-4-12(9(13)14)5-7(6)10-11-8/h2-5H2,1H3,(H,10,11)(H,13,14). The Labute approximate surface area is 86.8 Å². The number of rotatable bonds is 2. The summed E-state index contributed by atoms with van der Waals surface area (Å²) in [6, 6.07) is 0. The molecule has 1 amide bonds. The molecule has 1 aliphatic rings. The van der Waals surface area contributed by atoms with Crippen LogP contribution in [-0.2, 0) is 13.0 Å². The summed E-state index contributed by atoms with van der Waals surface area (Å²) in [4.78, 5) is 12.1. The minimum Gasteiger partial charge on any atom is -0.477 e. The van der Waals surface area contributed by atoms with Crippen LogP contribution in [0.25, 0.3) is 0 Å². The Morgan fingerprint density at radius 2 is 2.53 bits per heavy atom. The van der Waals surface area contributed by atoms with Crippen molar-refractivity contribution in [3.63, 3.8) is 0 Å². The van der Waals surface area contributed by atoms with Crippen LogP contribution in [0.15, 0.2) is 0 Å². The van der Waals surface area contributed by atoms with E-state index in [0.717, 1.165) is 11.3 Å². The summed E-state index contributed by atoms with van der Waals surface area (Å²) >= 11 is 0. The van der Waals surface area contributed by atoms with Crippen molar-refractivity contribution in [3.05, 3.63) is 11.3 Å². The fourth-order valence-electron chi connectivity index (χ4n) is 1.71. The van der Waals surface area contributed by atoms with Crippen molar-refractivity contribution in [3.8, 4) is 5.88 Å². The first-order valence-corrected chi connectivity index (χ1v) is 4.89. The molecule has 6 heteroatoms. The number of hydrogen-bond donors (Lipinski definition) is 2. The number of fused-ring (bicyclic) bond motifs is 1. The van der Waals surface area contributed by atoms with Gasteiger partial charge in [-0.05, 0) is 13.3 Å². The van der Waals surface area contributed by atoms with Gasteiger partial charge in [0.1, 0.15) is 0 Å². The average Bonchev–Trinajstić information content (AvgIpc) is 2.61. The smallest absolute Gasteiger partial charge is 0.407 e. The van der Waals surface area contributed by atoms with E-state index < -0.39 is 6.09 Å². The average molecular weight is 211 g/mol. The largest absolute Gasteiger partial charge is 0.477 e. The van der Waals surface area contributed by atoms with Gasteiger partial charge in [-0.15, -0.1) is 5.10 Å². The molecule has 1 aromatic heterocycles. The molecule has 2 N–H and O–H groups in total. The second-order valence-corrected chi connectivity index (χ2v) is 3.37. The minimum absolute atomic E-state index is 0.366. The van der Waals surface area contributed by atoms with Crippen LogP contribution >= 0.6 is 0 Å². The second-order valence-electron chi connectivity index (χ2n) is 3.37. The Morgan fingerprint density at radius 1 is 1.73 bits per heavy atom. The summed E-state index contributed by atoms with van der Waals surface area (Å²) in [5, 5.41) is 15.7. The Balaban J connectivity index is 2.18. The van der Waals surface area contributed by atoms with Crippen LogP contribution in [0.1, 0.15) is 18.2 Å². The summed E-state index contributed by atoms with van der Waals surface area (Å²) in [6.45, 7) is 3.33. The van der Waals surface area contributed by atoms with E-state index in [4.69, 9.17) is 9.84 Å². The summed E-state index contributed by atoms with van der Waals surface area (Å²) in [7, 11) is 0. The maximum absolute atomic E-state index is 10.8. The first kappa shape index (κ1) is 9.82. The predicted octanol–water partition coefficient (Wildman–Crippen LogP) is 0.845. The van der Waals surface area contributed by atoms with Gasteiger partial charge in [-0.2, -0.15) is 0 Å². The quantitative estimate of drug-likeness (QED) is 0.760. The van der Waals surface area contributed by atoms with Gasteiger partial charge in [0, 0.05) is 12.1 Å². The van der Waals surface area contributed by atoms with Crippen molar-refractivity contribution in [1.29, 1.82) is 0 Å². The number of aromatic nitrogens is 2. The van der Waals surface area contributed by atoms with E-state index in [-0.39, 0.29) is 0 Å². The highest BCUT2D eigenvalue weighted by Crippen LogP contribution is 2.25. The molecule has 0 bridgehead atoms. The lowest BCUT2D eigenvalue weighted by molar-refractivity contribution is 0.139. The number of carbonyl (C=O) groups is 1. The topological polar surface area (TPSA) is 78.5 Å². The number of ether oxygens (including phenoxy) is 1. The van der Waals surface area contributed by atoms with Crippen molar-refractivity contribution in [2.24, 2.45) is 0 Å². The van der Waals surface area contributed by atoms with Crippen molar-refractivity contribution in [1.82, 2.24) is 15.1 Å². The highest BCUT2D eigenvalue weighted by Gasteiger charge is 2.24. The number of hydrogen-bond acceptors (Lipinski definition) is 3. The number of nitrogens with one attached hydrogen (secondary N) is 1. The molecule has 0 saturated carbocycles. The van der Waals surface area contributed by atoms with Crippen molar-refractivity contribution >= 4 is 6.09 Å². The fraction of sp³-hybridized carbons (Fsp3) is 0.556. The molecule has 0 spiro atoms. The number of amides is 1. The van der Waals surface area contributed by atoms with E-state index >= 15 is 0 Å².